The fraction of sp³-hybridized carbons (Fsp3) is 0.333. The first-order valence-corrected chi connectivity index (χ1v) is 18.5. The fourth-order valence-corrected chi connectivity index (χ4v) is 8.39. The Hall–Kier alpha value is -5.26. The Bertz CT molecular complexity index is 2220. The van der Waals surface area contributed by atoms with Crippen molar-refractivity contribution in [3.8, 4) is 28.5 Å². The molecule has 0 radical (unpaired) electrons. The molecule has 2 saturated heterocycles. The zero-order valence-electron chi connectivity index (χ0n) is 31.0. The van der Waals surface area contributed by atoms with E-state index < -0.39 is 5.82 Å². The molecule has 8 rings (SSSR count). The quantitative estimate of drug-likeness (QED) is 0.179. The van der Waals surface area contributed by atoms with Crippen LogP contribution in [-0.4, -0.2) is 68.0 Å². The van der Waals surface area contributed by atoms with Gasteiger partial charge in [0.25, 0.3) is 0 Å². The van der Waals surface area contributed by atoms with Gasteiger partial charge in [-0.15, -0.1) is 0 Å². The van der Waals surface area contributed by atoms with Crippen LogP contribution in [0, 0.1) is 12.7 Å². The van der Waals surface area contributed by atoms with Gasteiger partial charge in [-0.1, -0.05) is 48.0 Å². The molecular formula is C42H44ClFN6O4. The molecule has 2 fully saturated rings. The number of aromatic nitrogens is 1. The zero-order valence-corrected chi connectivity index (χ0v) is 31.8. The minimum atomic E-state index is -0.643. The largest absolute Gasteiger partial charge is 0.497 e. The zero-order chi connectivity index (χ0) is 37.6. The van der Waals surface area contributed by atoms with Crippen LogP contribution in [0.1, 0.15) is 36.0 Å². The Morgan fingerprint density at radius 1 is 1.04 bits per heavy atom. The SMILES string of the molecule is C=C1CN2CCC[C@@]2(COC2=CN(C)C3=c4c(c(F)c(-c5cc(C)cc(N(Cc6ccc(OC)cc6)Cc6ccc(OC)cc6)n5)c(Cl)c4=NCN3)O2)C1. The molecule has 3 aromatic carbocycles. The van der Waals surface area contributed by atoms with Crippen molar-refractivity contribution in [1.29, 1.82) is 0 Å². The number of fused-ring (bicyclic) bond motifs is 1. The highest BCUT2D eigenvalue weighted by molar-refractivity contribution is 6.33. The summed E-state index contributed by atoms with van der Waals surface area (Å²) < 4.78 is 40.9. The molecule has 4 aliphatic heterocycles. The van der Waals surface area contributed by atoms with E-state index in [2.05, 4.69) is 21.7 Å². The summed E-state index contributed by atoms with van der Waals surface area (Å²) in [4.78, 5) is 16.3. The minimum absolute atomic E-state index is 0.0132. The Balaban J connectivity index is 1.19. The number of halogens is 2. The van der Waals surface area contributed by atoms with Gasteiger partial charge in [-0.2, -0.15) is 0 Å². The molecular weight excluding hydrogens is 707 g/mol. The number of anilines is 1. The summed E-state index contributed by atoms with van der Waals surface area (Å²) >= 11 is 7.16. The third-order valence-corrected chi connectivity index (χ3v) is 11.1. The number of nitrogens with zero attached hydrogens (tertiary/aromatic N) is 5. The second-order valence-corrected chi connectivity index (χ2v) is 14.8. The van der Waals surface area contributed by atoms with E-state index in [1.54, 1.807) is 20.4 Å². The molecule has 1 aromatic heterocycles. The van der Waals surface area contributed by atoms with Crippen molar-refractivity contribution in [2.45, 2.75) is 44.8 Å². The lowest BCUT2D eigenvalue weighted by molar-refractivity contribution is 0.0264. The third-order valence-electron chi connectivity index (χ3n) is 10.7. The number of pyridine rings is 1. The van der Waals surface area contributed by atoms with Gasteiger partial charge in [0.05, 0.1) is 52.8 Å². The molecule has 12 heteroatoms. The molecule has 54 heavy (non-hydrogen) atoms. The second kappa shape index (κ2) is 14.5. The molecule has 5 heterocycles. The summed E-state index contributed by atoms with van der Waals surface area (Å²) in [6.07, 6.45) is 4.73. The molecule has 4 aromatic rings. The number of hydrogen-bond donors (Lipinski definition) is 1. The number of methoxy groups -OCH3 is 2. The van der Waals surface area contributed by atoms with Crippen LogP contribution >= 0.6 is 11.6 Å². The van der Waals surface area contributed by atoms with Crippen molar-refractivity contribution in [3.05, 3.63) is 123 Å². The summed E-state index contributed by atoms with van der Waals surface area (Å²) in [5, 5.41) is 4.32. The molecule has 0 saturated carbocycles. The molecule has 280 valence electrons. The van der Waals surface area contributed by atoms with E-state index in [0.717, 1.165) is 60.5 Å². The molecule has 0 aliphatic carbocycles. The summed E-state index contributed by atoms with van der Waals surface area (Å²) in [6.45, 7) is 9.83. The molecule has 4 aliphatic rings. The second-order valence-electron chi connectivity index (χ2n) is 14.5. The Morgan fingerprint density at radius 3 is 2.39 bits per heavy atom. The van der Waals surface area contributed by atoms with Gasteiger partial charge >= 0.3 is 5.95 Å². The van der Waals surface area contributed by atoms with Crippen molar-refractivity contribution in [2.75, 3.05) is 52.5 Å². The first-order chi connectivity index (χ1) is 26.1. The summed E-state index contributed by atoms with van der Waals surface area (Å²) in [5.74, 6) is 2.37. The van der Waals surface area contributed by atoms with Crippen LogP contribution in [0.15, 0.2) is 90.0 Å². The number of aryl methyl sites for hydroxylation is 1. The van der Waals surface area contributed by atoms with Gasteiger partial charge in [0, 0.05) is 26.7 Å². The van der Waals surface area contributed by atoms with E-state index in [9.17, 15) is 0 Å². The maximum Gasteiger partial charge on any atom is 0.302 e. The van der Waals surface area contributed by atoms with E-state index in [1.165, 1.54) is 5.57 Å². The van der Waals surface area contributed by atoms with E-state index >= 15 is 4.39 Å². The molecule has 0 amide bonds. The van der Waals surface area contributed by atoms with Crippen molar-refractivity contribution < 1.29 is 23.3 Å². The highest BCUT2D eigenvalue weighted by Gasteiger charge is 2.46. The van der Waals surface area contributed by atoms with E-state index in [0.29, 0.717) is 47.6 Å². The number of nitrogens with one attached hydrogen (secondary N) is 1. The Kier molecular flexibility index (Phi) is 9.62. The van der Waals surface area contributed by atoms with Crippen molar-refractivity contribution in [3.63, 3.8) is 0 Å². The van der Waals surface area contributed by atoms with Crippen LogP contribution in [0.4, 0.5) is 10.2 Å². The van der Waals surface area contributed by atoms with Crippen molar-refractivity contribution >= 4 is 23.2 Å². The lowest BCUT2D eigenvalue weighted by atomic mass is 9.94. The number of rotatable bonds is 11. The van der Waals surface area contributed by atoms with E-state index in [-0.39, 0.29) is 34.5 Å². The smallest absolute Gasteiger partial charge is 0.302 e. The molecule has 0 spiro atoms. The van der Waals surface area contributed by atoms with E-state index in [1.807, 2.05) is 79.5 Å². The van der Waals surface area contributed by atoms with Crippen LogP contribution in [-0.2, 0) is 17.8 Å². The normalized spacial score (nSPS) is 18.9. The number of benzene rings is 3. The highest BCUT2D eigenvalue weighted by Crippen LogP contribution is 2.42. The van der Waals surface area contributed by atoms with Crippen LogP contribution in [0.25, 0.3) is 17.1 Å². The topological polar surface area (TPSA) is 83.9 Å². The summed E-state index contributed by atoms with van der Waals surface area (Å²) in [7, 11) is 5.17. The van der Waals surface area contributed by atoms with Crippen LogP contribution in [0.3, 0.4) is 0 Å². The molecule has 1 atom stereocenters. The van der Waals surface area contributed by atoms with Gasteiger partial charge in [-0.25, -0.2) is 9.37 Å². The lowest BCUT2D eigenvalue weighted by Crippen LogP contribution is -2.43. The summed E-state index contributed by atoms with van der Waals surface area (Å²) in [5.41, 5.74) is 4.55. The predicted octanol–water partition coefficient (Wildman–Crippen LogP) is 6.25. The van der Waals surface area contributed by atoms with Crippen molar-refractivity contribution in [2.24, 2.45) is 4.99 Å². The Labute approximate surface area is 319 Å². The van der Waals surface area contributed by atoms with Gasteiger partial charge in [0.2, 0.25) is 0 Å². The average Bonchev–Trinajstić information content (AvgIpc) is 3.65. The Morgan fingerprint density at radius 2 is 1.72 bits per heavy atom. The van der Waals surface area contributed by atoms with Gasteiger partial charge < -0.3 is 34.1 Å². The monoisotopic (exact) mass is 750 g/mol. The van der Waals surface area contributed by atoms with Gasteiger partial charge in [-0.3, -0.25) is 9.89 Å². The molecule has 0 bridgehead atoms. The standard InChI is InChI=1S/C42H44ClFN6O4/c1-26-17-32(47-33(18-26)49(21-28-7-11-30(51-4)12-8-28)22-29-9-13-31(52-5)14-10-29)35-37(43)39-36-40(38(35)44)54-34(23-48(3)41(36)46-25-45-39)53-24-42-15-6-16-50(42)20-27(2)19-42/h7-14,17-18,23,46H,2,6,15-16,19-22,24-25H2,1,3-5H3/t42-/m0/s1. The first kappa shape index (κ1) is 35.8. The fourth-order valence-electron chi connectivity index (χ4n) is 8.06. The van der Waals surface area contributed by atoms with Gasteiger partial charge in [-0.05, 0) is 85.8 Å². The van der Waals surface area contributed by atoms with Crippen molar-refractivity contribution in [1.82, 2.24) is 20.1 Å². The maximum absolute atomic E-state index is 17.3. The van der Waals surface area contributed by atoms with E-state index in [4.69, 9.17) is 40.5 Å². The molecule has 1 N–H and O–H groups in total. The highest BCUT2D eigenvalue weighted by atomic mass is 35.5. The third kappa shape index (κ3) is 6.71. The first-order valence-electron chi connectivity index (χ1n) is 18.2. The number of ether oxygens (including phenoxy) is 4. The van der Waals surface area contributed by atoms with Crippen LogP contribution < -0.4 is 35.0 Å². The lowest BCUT2D eigenvalue weighted by Gasteiger charge is -2.31. The maximum atomic E-state index is 17.3. The van der Waals surface area contributed by atoms with Crippen LogP contribution in [0.5, 0.6) is 17.2 Å². The van der Waals surface area contributed by atoms with Gasteiger partial charge in [0.1, 0.15) is 36.4 Å². The molecule has 0 unspecified atom stereocenters. The summed E-state index contributed by atoms with van der Waals surface area (Å²) in [6, 6.07) is 19.7. The van der Waals surface area contributed by atoms with Gasteiger partial charge in [0.15, 0.2) is 11.6 Å². The average molecular weight is 751 g/mol. The minimum Gasteiger partial charge on any atom is -0.497 e. The number of hydrogen-bond acceptors (Lipinski definition) is 10. The predicted molar refractivity (Wildman–Crippen MR) is 207 cm³/mol. The molecule has 10 nitrogen and oxygen atoms in total. The van der Waals surface area contributed by atoms with Crippen LogP contribution in [0.2, 0.25) is 5.02 Å².